The molecule has 1 aliphatic rings. The van der Waals surface area contributed by atoms with E-state index < -0.39 is 0 Å². The van der Waals surface area contributed by atoms with Crippen LogP contribution in [0.2, 0.25) is 0 Å². The van der Waals surface area contributed by atoms with Crippen LogP contribution < -0.4 is 20.1 Å². The fourth-order valence-corrected chi connectivity index (χ4v) is 3.44. The van der Waals surface area contributed by atoms with Crippen LogP contribution in [0.15, 0.2) is 91.0 Å². The molecule has 0 saturated heterocycles. The van der Waals surface area contributed by atoms with Crippen LogP contribution in [0.3, 0.4) is 0 Å². The normalized spacial score (nSPS) is 14.9. The van der Waals surface area contributed by atoms with Gasteiger partial charge in [-0.3, -0.25) is 4.79 Å². The van der Waals surface area contributed by atoms with Crippen LogP contribution >= 0.6 is 0 Å². The lowest BCUT2D eigenvalue weighted by Gasteiger charge is -2.15. The highest BCUT2D eigenvalue weighted by molar-refractivity contribution is 5.98. The average molecular weight is 499 g/mol. The van der Waals surface area contributed by atoms with Crippen molar-refractivity contribution in [2.75, 3.05) is 31.3 Å². The van der Waals surface area contributed by atoms with Gasteiger partial charge in [-0.2, -0.15) is 0 Å². The number of likely N-dealkylation sites (N-methyl/N-ethyl adjacent to an activating group) is 1. The van der Waals surface area contributed by atoms with Gasteiger partial charge < -0.3 is 25.0 Å². The molecule has 0 radical (unpaired) electrons. The Hall–Kier alpha value is -4.50. The summed E-state index contributed by atoms with van der Waals surface area (Å²) in [4.78, 5) is 26.9. The minimum Gasteiger partial charge on any atom is -0.462 e. The Morgan fingerprint density at radius 3 is 2.57 bits per heavy atom. The SMILES string of the molecule is CC1C=CC=C(Oc2ccc(Oc3cc(Nc4cccc(NC(=O)/C=C/CN(C)C)n4)ncn3)cc2)C1. The van der Waals surface area contributed by atoms with E-state index >= 15 is 0 Å². The summed E-state index contributed by atoms with van der Waals surface area (Å²) >= 11 is 0. The summed E-state index contributed by atoms with van der Waals surface area (Å²) < 4.78 is 11.8. The number of benzene rings is 1. The molecule has 9 nitrogen and oxygen atoms in total. The summed E-state index contributed by atoms with van der Waals surface area (Å²) in [6.07, 6.45) is 11.7. The van der Waals surface area contributed by atoms with Crippen molar-refractivity contribution in [2.45, 2.75) is 13.3 Å². The number of carbonyl (C=O) groups is 1. The molecule has 0 fully saturated rings. The van der Waals surface area contributed by atoms with E-state index in [-0.39, 0.29) is 5.91 Å². The van der Waals surface area contributed by atoms with Crippen molar-refractivity contribution >= 4 is 23.4 Å². The van der Waals surface area contributed by atoms with E-state index in [0.29, 0.717) is 41.5 Å². The maximum Gasteiger partial charge on any atom is 0.249 e. The number of amides is 1. The fourth-order valence-electron chi connectivity index (χ4n) is 3.44. The molecule has 0 spiro atoms. The number of allylic oxidation sites excluding steroid dienone is 4. The first-order valence-electron chi connectivity index (χ1n) is 11.9. The lowest BCUT2D eigenvalue weighted by atomic mass is 10.0. The number of aromatic nitrogens is 3. The van der Waals surface area contributed by atoms with E-state index in [1.54, 1.807) is 30.3 Å². The van der Waals surface area contributed by atoms with E-state index in [9.17, 15) is 4.79 Å². The maximum absolute atomic E-state index is 12.1. The molecule has 1 atom stereocenters. The Kier molecular flexibility index (Phi) is 8.62. The highest BCUT2D eigenvalue weighted by Gasteiger charge is 2.09. The molecule has 0 bridgehead atoms. The monoisotopic (exact) mass is 498 g/mol. The predicted molar refractivity (Wildman–Crippen MR) is 144 cm³/mol. The first kappa shape index (κ1) is 25.6. The van der Waals surface area contributed by atoms with Gasteiger partial charge in [-0.15, -0.1) is 0 Å². The van der Waals surface area contributed by atoms with Crippen LogP contribution in [-0.2, 0) is 4.79 Å². The summed E-state index contributed by atoms with van der Waals surface area (Å²) in [5.41, 5.74) is 0. The van der Waals surface area contributed by atoms with Gasteiger partial charge in [0, 0.05) is 25.1 Å². The summed E-state index contributed by atoms with van der Waals surface area (Å²) in [6, 6.07) is 14.3. The van der Waals surface area contributed by atoms with Crippen molar-refractivity contribution in [3.05, 3.63) is 91.0 Å². The number of nitrogens with one attached hydrogen (secondary N) is 2. The van der Waals surface area contributed by atoms with Gasteiger partial charge in [-0.05, 0) is 62.5 Å². The third-order valence-corrected chi connectivity index (χ3v) is 5.18. The second-order valence-electron chi connectivity index (χ2n) is 8.80. The van der Waals surface area contributed by atoms with Crippen LogP contribution in [0.25, 0.3) is 0 Å². The molecule has 1 unspecified atom stereocenters. The number of ether oxygens (including phenoxy) is 2. The molecule has 37 heavy (non-hydrogen) atoms. The number of hydrogen-bond acceptors (Lipinski definition) is 8. The zero-order valence-corrected chi connectivity index (χ0v) is 21.1. The highest BCUT2D eigenvalue weighted by atomic mass is 16.5. The number of nitrogens with zero attached hydrogens (tertiary/aromatic N) is 4. The maximum atomic E-state index is 12.1. The van der Waals surface area contributed by atoms with Gasteiger partial charge >= 0.3 is 0 Å². The van der Waals surface area contributed by atoms with Gasteiger partial charge in [0.1, 0.15) is 41.0 Å². The molecule has 1 amide bonds. The first-order valence-corrected chi connectivity index (χ1v) is 11.9. The molecule has 4 rings (SSSR count). The lowest BCUT2D eigenvalue weighted by molar-refractivity contribution is -0.111. The van der Waals surface area contributed by atoms with E-state index in [4.69, 9.17) is 9.47 Å². The van der Waals surface area contributed by atoms with Crippen LogP contribution in [0.1, 0.15) is 13.3 Å². The van der Waals surface area contributed by atoms with Gasteiger partial charge in [-0.1, -0.05) is 31.2 Å². The van der Waals surface area contributed by atoms with E-state index in [1.807, 2.05) is 55.4 Å². The number of pyridine rings is 1. The van der Waals surface area contributed by atoms with Crippen molar-refractivity contribution < 1.29 is 14.3 Å². The third kappa shape index (κ3) is 8.29. The Balaban J connectivity index is 1.34. The van der Waals surface area contributed by atoms with Crippen molar-refractivity contribution in [1.29, 1.82) is 0 Å². The first-order chi connectivity index (χ1) is 17.9. The zero-order valence-electron chi connectivity index (χ0n) is 21.1. The molecule has 190 valence electrons. The zero-order chi connectivity index (χ0) is 26.0. The Bertz CT molecular complexity index is 1300. The standard InChI is InChI=1S/C28H30N6O3/c1-20-7-4-8-23(17-20)36-21-12-14-22(15-13-21)37-28-18-26(29-19-30-28)32-24-9-5-10-25(31-24)33-27(35)11-6-16-34(2)3/h4-15,18-20H,16-17H2,1-3H3,(H2,29,30,31,32,33,35)/b11-6+. The number of hydrogen-bond donors (Lipinski definition) is 2. The second kappa shape index (κ2) is 12.5. The Morgan fingerprint density at radius 1 is 1.05 bits per heavy atom. The summed E-state index contributed by atoms with van der Waals surface area (Å²) in [5.74, 6) is 4.33. The van der Waals surface area contributed by atoms with E-state index in [1.165, 1.54) is 12.4 Å². The van der Waals surface area contributed by atoms with Crippen LogP contribution in [0.5, 0.6) is 17.4 Å². The Labute approximate surface area is 216 Å². The molecule has 9 heteroatoms. The topological polar surface area (TPSA) is 102 Å². The van der Waals surface area contributed by atoms with Gasteiger partial charge in [0.2, 0.25) is 11.8 Å². The predicted octanol–water partition coefficient (Wildman–Crippen LogP) is 5.32. The molecule has 1 aliphatic carbocycles. The summed E-state index contributed by atoms with van der Waals surface area (Å²) in [7, 11) is 3.87. The van der Waals surface area contributed by atoms with Crippen LogP contribution in [-0.4, -0.2) is 46.4 Å². The number of carbonyl (C=O) groups excluding carboxylic acids is 1. The molecule has 2 N–H and O–H groups in total. The molecule has 2 heterocycles. The lowest BCUT2D eigenvalue weighted by Crippen LogP contribution is -2.13. The molecule has 2 aromatic heterocycles. The number of anilines is 3. The Morgan fingerprint density at radius 2 is 1.81 bits per heavy atom. The molecule has 0 aliphatic heterocycles. The van der Waals surface area contributed by atoms with E-state index in [0.717, 1.165) is 17.9 Å². The van der Waals surface area contributed by atoms with Gasteiger partial charge in [-0.25, -0.2) is 15.0 Å². The van der Waals surface area contributed by atoms with Crippen molar-refractivity contribution in [2.24, 2.45) is 5.92 Å². The van der Waals surface area contributed by atoms with Crippen molar-refractivity contribution in [1.82, 2.24) is 19.9 Å². The second-order valence-corrected chi connectivity index (χ2v) is 8.80. The van der Waals surface area contributed by atoms with Crippen molar-refractivity contribution in [3.8, 4) is 17.4 Å². The quantitative estimate of drug-likeness (QED) is 0.362. The van der Waals surface area contributed by atoms with E-state index in [2.05, 4.69) is 38.6 Å². The summed E-state index contributed by atoms with van der Waals surface area (Å²) in [6.45, 7) is 2.83. The fraction of sp³-hybridized carbons (Fsp3) is 0.214. The minimum atomic E-state index is -0.248. The van der Waals surface area contributed by atoms with Gasteiger partial charge in [0.05, 0.1) is 0 Å². The molecular weight excluding hydrogens is 468 g/mol. The highest BCUT2D eigenvalue weighted by Crippen LogP contribution is 2.27. The van der Waals surface area contributed by atoms with Crippen molar-refractivity contribution in [3.63, 3.8) is 0 Å². The van der Waals surface area contributed by atoms with Crippen LogP contribution in [0.4, 0.5) is 17.5 Å². The van der Waals surface area contributed by atoms with Gasteiger partial charge in [0.15, 0.2) is 0 Å². The molecule has 0 saturated carbocycles. The molecule has 3 aromatic rings. The van der Waals surface area contributed by atoms with Gasteiger partial charge in [0.25, 0.3) is 0 Å². The smallest absolute Gasteiger partial charge is 0.249 e. The minimum absolute atomic E-state index is 0.248. The molecular formula is C28H30N6O3. The third-order valence-electron chi connectivity index (χ3n) is 5.18. The molecule has 1 aromatic carbocycles. The largest absolute Gasteiger partial charge is 0.462 e. The van der Waals surface area contributed by atoms with Crippen LogP contribution in [0, 0.1) is 5.92 Å². The average Bonchev–Trinajstić information content (AvgIpc) is 2.85. The number of rotatable bonds is 10. The summed E-state index contributed by atoms with van der Waals surface area (Å²) in [5, 5.41) is 5.86.